The van der Waals surface area contributed by atoms with E-state index in [2.05, 4.69) is 15.5 Å². The van der Waals surface area contributed by atoms with Gasteiger partial charge in [0, 0.05) is 18.0 Å². The number of tetrazole rings is 1. The average Bonchev–Trinajstić information content (AvgIpc) is 2.65. The highest BCUT2D eigenvalue weighted by Crippen LogP contribution is 2.30. The zero-order valence-corrected chi connectivity index (χ0v) is 9.98. The number of nitrogens with zero attached hydrogens (tertiary/aromatic N) is 4. The second-order valence-electron chi connectivity index (χ2n) is 3.51. The van der Waals surface area contributed by atoms with Gasteiger partial charge in [0.05, 0.1) is 0 Å². The van der Waals surface area contributed by atoms with Crippen molar-refractivity contribution in [3.05, 3.63) is 29.8 Å². The Labute approximate surface area is 98.0 Å². The van der Waals surface area contributed by atoms with E-state index in [-0.39, 0.29) is 6.04 Å². The van der Waals surface area contributed by atoms with Crippen LogP contribution in [0.25, 0.3) is 0 Å². The van der Waals surface area contributed by atoms with E-state index in [1.807, 2.05) is 38.2 Å². The van der Waals surface area contributed by atoms with Gasteiger partial charge < -0.3 is 5.73 Å². The molecule has 0 aliphatic heterocycles. The first-order valence-electron chi connectivity index (χ1n) is 4.93. The molecule has 5 nitrogen and oxygen atoms in total. The molecule has 84 valence electrons. The number of aryl methyl sites for hydroxylation is 1. The smallest absolute Gasteiger partial charge is 0.213 e. The van der Waals surface area contributed by atoms with Crippen LogP contribution in [0.2, 0.25) is 0 Å². The Kier molecular flexibility index (Phi) is 3.21. The normalized spacial score (nSPS) is 12.7. The van der Waals surface area contributed by atoms with Crippen LogP contribution in [0.5, 0.6) is 0 Å². The molecule has 1 aromatic heterocycles. The molecular formula is C10H13N5S. The average molecular weight is 235 g/mol. The maximum absolute atomic E-state index is 5.91. The molecule has 16 heavy (non-hydrogen) atoms. The third-order valence-corrected chi connectivity index (χ3v) is 3.31. The van der Waals surface area contributed by atoms with Crippen molar-refractivity contribution in [3.63, 3.8) is 0 Å². The Hall–Kier alpha value is -1.40. The van der Waals surface area contributed by atoms with E-state index < -0.39 is 0 Å². The van der Waals surface area contributed by atoms with Crippen LogP contribution in [0.3, 0.4) is 0 Å². The predicted octanol–water partition coefficient (Wildman–Crippen LogP) is 1.38. The lowest BCUT2D eigenvalue weighted by Crippen LogP contribution is -2.06. The Bertz CT molecular complexity index is 480. The zero-order valence-electron chi connectivity index (χ0n) is 9.16. The van der Waals surface area contributed by atoms with Gasteiger partial charge in [0.25, 0.3) is 0 Å². The Morgan fingerprint density at radius 3 is 2.75 bits per heavy atom. The van der Waals surface area contributed by atoms with Gasteiger partial charge in [0.1, 0.15) is 0 Å². The van der Waals surface area contributed by atoms with Crippen molar-refractivity contribution >= 4 is 11.8 Å². The van der Waals surface area contributed by atoms with Gasteiger partial charge in [0.15, 0.2) is 0 Å². The fraction of sp³-hybridized carbons (Fsp3) is 0.300. The van der Waals surface area contributed by atoms with Gasteiger partial charge in [-0.3, -0.25) is 0 Å². The lowest BCUT2D eigenvalue weighted by atomic mass is 10.1. The molecule has 1 atom stereocenters. The molecule has 6 heteroatoms. The summed E-state index contributed by atoms with van der Waals surface area (Å²) in [5.74, 6) is 0. The number of hydrogen-bond donors (Lipinski definition) is 1. The molecular weight excluding hydrogens is 222 g/mol. The van der Waals surface area contributed by atoms with Crippen LogP contribution in [0.4, 0.5) is 0 Å². The second kappa shape index (κ2) is 4.63. The first-order valence-corrected chi connectivity index (χ1v) is 5.75. The molecule has 0 spiro atoms. The number of hydrogen-bond acceptors (Lipinski definition) is 5. The van der Waals surface area contributed by atoms with Gasteiger partial charge in [-0.1, -0.05) is 18.2 Å². The molecule has 0 saturated carbocycles. The maximum atomic E-state index is 5.91. The van der Waals surface area contributed by atoms with Crippen LogP contribution in [0, 0.1) is 0 Å². The number of aromatic nitrogens is 4. The molecule has 1 aromatic carbocycles. The van der Waals surface area contributed by atoms with Gasteiger partial charge in [-0.15, -0.1) is 5.10 Å². The van der Waals surface area contributed by atoms with Gasteiger partial charge >= 0.3 is 0 Å². The molecule has 0 saturated heterocycles. The quantitative estimate of drug-likeness (QED) is 0.870. The topological polar surface area (TPSA) is 69.6 Å². The van der Waals surface area contributed by atoms with Gasteiger partial charge in [-0.2, -0.15) is 0 Å². The van der Waals surface area contributed by atoms with Crippen molar-refractivity contribution in [3.8, 4) is 0 Å². The lowest BCUT2D eigenvalue weighted by Gasteiger charge is -2.10. The summed E-state index contributed by atoms with van der Waals surface area (Å²) in [5, 5.41) is 12.1. The molecule has 2 rings (SSSR count). The first kappa shape index (κ1) is 11.1. The van der Waals surface area contributed by atoms with Gasteiger partial charge in [0.2, 0.25) is 5.16 Å². The summed E-state index contributed by atoms with van der Waals surface area (Å²) in [5.41, 5.74) is 7.02. The van der Waals surface area contributed by atoms with Crippen molar-refractivity contribution < 1.29 is 0 Å². The van der Waals surface area contributed by atoms with Gasteiger partial charge in [-0.25, -0.2) is 4.68 Å². The van der Waals surface area contributed by atoms with E-state index in [0.717, 1.165) is 15.6 Å². The van der Waals surface area contributed by atoms with Crippen LogP contribution in [-0.2, 0) is 7.05 Å². The van der Waals surface area contributed by atoms with Crippen LogP contribution < -0.4 is 5.73 Å². The third-order valence-electron chi connectivity index (χ3n) is 2.19. The molecule has 1 unspecified atom stereocenters. The highest BCUT2D eigenvalue weighted by atomic mass is 32.2. The van der Waals surface area contributed by atoms with E-state index in [4.69, 9.17) is 5.73 Å². The fourth-order valence-electron chi connectivity index (χ4n) is 1.36. The molecule has 0 aliphatic rings. The van der Waals surface area contributed by atoms with E-state index in [0.29, 0.717) is 0 Å². The van der Waals surface area contributed by atoms with E-state index in [1.165, 1.54) is 11.8 Å². The molecule has 0 bridgehead atoms. The largest absolute Gasteiger partial charge is 0.324 e. The second-order valence-corrected chi connectivity index (χ2v) is 4.52. The van der Waals surface area contributed by atoms with Crippen molar-refractivity contribution in [1.29, 1.82) is 0 Å². The zero-order chi connectivity index (χ0) is 11.5. The summed E-state index contributed by atoms with van der Waals surface area (Å²) in [6.07, 6.45) is 0. The molecule has 2 N–H and O–H groups in total. The number of benzene rings is 1. The van der Waals surface area contributed by atoms with Crippen LogP contribution in [0.15, 0.2) is 34.3 Å². The summed E-state index contributed by atoms with van der Waals surface area (Å²) < 4.78 is 1.64. The number of nitrogens with two attached hydrogens (primary N) is 1. The van der Waals surface area contributed by atoms with Crippen molar-refractivity contribution in [1.82, 2.24) is 20.2 Å². The highest BCUT2D eigenvalue weighted by Gasteiger charge is 2.10. The molecule has 1 heterocycles. The maximum Gasteiger partial charge on any atom is 0.213 e. The summed E-state index contributed by atoms with van der Waals surface area (Å²) >= 11 is 1.52. The minimum atomic E-state index is 0.00452. The van der Waals surface area contributed by atoms with E-state index >= 15 is 0 Å². The van der Waals surface area contributed by atoms with Gasteiger partial charge in [-0.05, 0) is 40.7 Å². The summed E-state index contributed by atoms with van der Waals surface area (Å²) in [6, 6.07) is 8.02. The van der Waals surface area contributed by atoms with E-state index in [1.54, 1.807) is 4.68 Å². The molecule has 0 aliphatic carbocycles. The highest BCUT2D eigenvalue weighted by molar-refractivity contribution is 7.99. The molecule has 0 fully saturated rings. The summed E-state index contributed by atoms with van der Waals surface area (Å²) in [4.78, 5) is 1.09. The van der Waals surface area contributed by atoms with Crippen molar-refractivity contribution in [2.24, 2.45) is 12.8 Å². The monoisotopic (exact) mass is 235 g/mol. The Morgan fingerprint density at radius 2 is 2.12 bits per heavy atom. The summed E-state index contributed by atoms with van der Waals surface area (Å²) in [6.45, 7) is 1.97. The number of rotatable bonds is 3. The van der Waals surface area contributed by atoms with Crippen LogP contribution >= 0.6 is 11.8 Å². The minimum Gasteiger partial charge on any atom is -0.324 e. The van der Waals surface area contributed by atoms with Crippen LogP contribution in [0.1, 0.15) is 18.5 Å². The molecule has 0 radical (unpaired) electrons. The van der Waals surface area contributed by atoms with E-state index in [9.17, 15) is 0 Å². The minimum absolute atomic E-state index is 0.00452. The Morgan fingerprint density at radius 1 is 1.38 bits per heavy atom. The van der Waals surface area contributed by atoms with Crippen LogP contribution in [-0.4, -0.2) is 20.2 Å². The predicted molar refractivity (Wildman–Crippen MR) is 62.0 cm³/mol. The van der Waals surface area contributed by atoms with Crippen molar-refractivity contribution in [2.75, 3.05) is 0 Å². The Balaban J connectivity index is 2.31. The molecule has 2 aromatic rings. The van der Waals surface area contributed by atoms with Crippen molar-refractivity contribution in [2.45, 2.75) is 23.0 Å². The summed E-state index contributed by atoms with van der Waals surface area (Å²) in [7, 11) is 1.82. The first-order chi connectivity index (χ1) is 7.68. The fourth-order valence-corrected chi connectivity index (χ4v) is 2.32. The molecule has 0 amide bonds. The lowest BCUT2D eigenvalue weighted by molar-refractivity contribution is 0.664. The third kappa shape index (κ3) is 2.23. The standard InChI is InChI=1S/C10H13N5S/c1-7(11)8-5-3-4-6-9(8)16-10-12-13-14-15(10)2/h3-7H,11H2,1-2H3. The SMILES string of the molecule is CC(N)c1ccccc1Sc1nnnn1C.